The van der Waals surface area contributed by atoms with E-state index in [0.717, 1.165) is 24.4 Å². The van der Waals surface area contributed by atoms with Crippen LogP contribution < -0.4 is 5.32 Å². The number of fused-ring (bicyclic) bond motifs is 1. The van der Waals surface area contributed by atoms with Crippen LogP contribution in [-0.4, -0.2) is 14.8 Å². The van der Waals surface area contributed by atoms with E-state index in [0.29, 0.717) is 0 Å². The minimum Gasteiger partial charge on any atom is -0.348 e. The molecule has 2 atom stereocenters. The number of benzene rings is 2. The SMILES string of the molecule is CCc1ccc(C2CC(c3ccc(F)cc3)n3ncnc3N2)cc1. The van der Waals surface area contributed by atoms with Gasteiger partial charge >= 0.3 is 0 Å². The van der Waals surface area contributed by atoms with Crippen LogP contribution in [0.4, 0.5) is 10.3 Å². The van der Waals surface area contributed by atoms with Gasteiger partial charge in [-0.1, -0.05) is 43.3 Å². The molecule has 3 aromatic rings. The summed E-state index contributed by atoms with van der Waals surface area (Å²) >= 11 is 0. The maximum atomic E-state index is 13.3. The number of aromatic nitrogens is 3. The predicted molar refractivity (Wildman–Crippen MR) is 91.4 cm³/mol. The van der Waals surface area contributed by atoms with Crippen molar-refractivity contribution >= 4 is 5.95 Å². The molecule has 1 aliphatic rings. The second-order valence-electron chi connectivity index (χ2n) is 6.12. The first-order valence-corrected chi connectivity index (χ1v) is 8.25. The average molecular weight is 322 g/mol. The average Bonchev–Trinajstić information content (AvgIpc) is 3.10. The number of rotatable bonds is 3. The molecule has 1 N–H and O–H groups in total. The van der Waals surface area contributed by atoms with Crippen LogP contribution in [0.3, 0.4) is 0 Å². The van der Waals surface area contributed by atoms with Crippen molar-refractivity contribution in [3.8, 4) is 0 Å². The molecule has 4 nitrogen and oxygen atoms in total. The van der Waals surface area contributed by atoms with E-state index in [9.17, 15) is 4.39 Å². The molecule has 24 heavy (non-hydrogen) atoms. The zero-order chi connectivity index (χ0) is 16.5. The van der Waals surface area contributed by atoms with E-state index >= 15 is 0 Å². The highest BCUT2D eigenvalue weighted by molar-refractivity contribution is 5.38. The highest BCUT2D eigenvalue weighted by atomic mass is 19.1. The fraction of sp³-hybridized carbons (Fsp3) is 0.263. The first-order valence-electron chi connectivity index (χ1n) is 8.25. The van der Waals surface area contributed by atoms with Crippen molar-refractivity contribution in [2.24, 2.45) is 0 Å². The molecule has 122 valence electrons. The maximum absolute atomic E-state index is 13.3. The van der Waals surface area contributed by atoms with Gasteiger partial charge in [-0.25, -0.2) is 9.07 Å². The Kier molecular flexibility index (Phi) is 3.76. The van der Waals surface area contributed by atoms with Gasteiger partial charge in [0.15, 0.2) is 0 Å². The fourth-order valence-electron chi connectivity index (χ4n) is 3.29. The van der Waals surface area contributed by atoms with Crippen LogP contribution in [0.15, 0.2) is 54.9 Å². The molecule has 5 heteroatoms. The minimum absolute atomic E-state index is 0.0419. The zero-order valence-corrected chi connectivity index (χ0v) is 13.5. The lowest BCUT2D eigenvalue weighted by Crippen LogP contribution is -2.28. The smallest absolute Gasteiger partial charge is 0.222 e. The second-order valence-corrected chi connectivity index (χ2v) is 6.12. The molecule has 0 saturated carbocycles. The van der Waals surface area contributed by atoms with E-state index in [1.165, 1.54) is 23.3 Å². The van der Waals surface area contributed by atoms with Crippen LogP contribution in [0.25, 0.3) is 0 Å². The molecule has 0 amide bonds. The zero-order valence-electron chi connectivity index (χ0n) is 13.5. The second kappa shape index (κ2) is 6.07. The van der Waals surface area contributed by atoms with Gasteiger partial charge in [-0.15, -0.1) is 0 Å². The molecular formula is C19H19FN4. The normalized spacial score (nSPS) is 19.6. The summed E-state index contributed by atoms with van der Waals surface area (Å²) in [6.45, 7) is 2.15. The Hall–Kier alpha value is -2.69. The number of nitrogens with zero attached hydrogens (tertiary/aromatic N) is 3. The number of nitrogens with one attached hydrogen (secondary N) is 1. The number of hydrogen-bond donors (Lipinski definition) is 1. The van der Waals surface area contributed by atoms with E-state index in [4.69, 9.17) is 0 Å². The Labute approximate surface area is 140 Å². The Morgan fingerprint density at radius 2 is 1.79 bits per heavy atom. The predicted octanol–water partition coefficient (Wildman–Crippen LogP) is 4.13. The van der Waals surface area contributed by atoms with Gasteiger partial charge in [-0.3, -0.25) is 0 Å². The lowest BCUT2D eigenvalue weighted by atomic mass is 9.93. The van der Waals surface area contributed by atoms with Gasteiger partial charge < -0.3 is 5.32 Å². The summed E-state index contributed by atoms with van der Waals surface area (Å²) in [6.07, 6.45) is 3.43. The van der Waals surface area contributed by atoms with Gasteiger partial charge in [0.1, 0.15) is 12.1 Å². The molecule has 0 saturated heterocycles. The minimum atomic E-state index is -0.224. The lowest BCUT2D eigenvalue weighted by molar-refractivity contribution is 0.430. The first-order chi connectivity index (χ1) is 11.7. The third kappa shape index (κ3) is 2.66. The Morgan fingerprint density at radius 1 is 1.08 bits per heavy atom. The summed E-state index contributed by atoms with van der Waals surface area (Å²) in [5.74, 6) is 0.526. The molecule has 2 aromatic carbocycles. The summed E-state index contributed by atoms with van der Waals surface area (Å²) in [5, 5.41) is 7.80. The number of halogens is 1. The summed E-state index contributed by atoms with van der Waals surface area (Å²) in [7, 11) is 0. The number of aryl methyl sites for hydroxylation is 1. The Morgan fingerprint density at radius 3 is 2.50 bits per heavy atom. The monoisotopic (exact) mass is 322 g/mol. The highest BCUT2D eigenvalue weighted by Gasteiger charge is 2.29. The van der Waals surface area contributed by atoms with E-state index < -0.39 is 0 Å². The van der Waals surface area contributed by atoms with Crippen molar-refractivity contribution in [1.29, 1.82) is 0 Å². The molecule has 2 unspecified atom stereocenters. The van der Waals surface area contributed by atoms with E-state index in [-0.39, 0.29) is 17.9 Å². The summed E-state index contributed by atoms with van der Waals surface area (Å²) in [6, 6.07) is 15.5. The summed E-state index contributed by atoms with van der Waals surface area (Å²) < 4.78 is 15.1. The van der Waals surface area contributed by atoms with Crippen molar-refractivity contribution in [1.82, 2.24) is 14.8 Å². The quantitative estimate of drug-likeness (QED) is 0.788. The third-order valence-corrected chi connectivity index (χ3v) is 4.68. The molecule has 1 aliphatic heterocycles. The molecular weight excluding hydrogens is 303 g/mol. The summed E-state index contributed by atoms with van der Waals surface area (Å²) in [4.78, 5) is 4.33. The van der Waals surface area contributed by atoms with Crippen molar-refractivity contribution in [3.63, 3.8) is 0 Å². The van der Waals surface area contributed by atoms with Crippen LogP contribution in [0, 0.1) is 5.82 Å². The third-order valence-electron chi connectivity index (χ3n) is 4.68. The van der Waals surface area contributed by atoms with Crippen molar-refractivity contribution in [2.45, 2.75) is 31.8 Å². The molecule has 0 spiro atoms. The molecule has 0 radical (unpaired) electrons. The number of anilines is 1. The largest absolute Gasteiger partial charge is 0.348 e. The van der Waals surface area contributed by atoms with Gasteiger partial charge in [0.25, 0.3) is 0 Å². The van der Waals surface area contributed by atoms with E-state index in [1.54, 1.807) is 6.33 Å². The van der Waals surface area contributed by atoms with Crippen LogP contribution >= 0.6 is 0 Å². The maximum Gasteiger partial charge on any atom is 0.222 e. The first kappa shape index (κ1) is 14.9. The van der Waals surface area contributed by atoms with Crippen LogP contribution in [-0.2, 0) is 6.42 Å². The molecule has 0 bridgehead atoms. The van der Waals surface area contributed by atoms with E-state index in [2.05, 4.69) is 46.6 Å². The molecule has 2 heterocycles. The van der Waals surface area contributed by atoms with E-state index in [1.807, 2.05) is 16.8 Å². The van der Waals surface area contributed by atoms with Crippen molar-refractivity contribution in [3.05, 3.63) is 77.4 Å². The molecule has 4 rings (SSSR count). The number of hydrogen-bond acceptors (Lipinski definition) is 3. The van der Waals surface area contributed by atoms with Crippen LogP contribution in [0.2, 0.25) is 0 Å². The van der Waals surface area contributed by atoms with Gasteiger partial charge in [-0.2, -0.15) is 10.1 Å². The molecule has 0 aliphatic carbocycles. The van der Waals surface area contributed by atoms with Crippen LogP contribution in [0.5, 0.6) is 0 Å². The van der Waals surface area contributed by atoms with Crippen LogP contribution in [0.1, 0.15) is 42.1 Å². The van der Waals surface area contributed by atoms with Gasteiger partial charge in [0, 0.05) is 0 Å². The van der Waals surface area contributed by atoms with Crippen molar-refractivity contribution in [2.75, 3.05) is 5.32 Å². The summed E-state index contributed by atoms with van der Waals surface area (Å²) in [5.41, 5.74) is 3.60. The van der Waals surface area contributed by atoms with Gasteiger partial charge in [0.2, 0.25) is 5.95 Å². The topological polar surface area (TPSA) is 42.7 Å². The lowest BCUT2D eigenvalue weighted by Gasteiger charge is -2.32. The molecule has 0 fully saturated rings. The Bertz CT molecular complexity index is 823. The Balaban J connectivity index is 1.68. The van der Waals surface area contributed by atoms with Gasteiger partial charge in [-0.05, 0) is 41.7 Å². The van der Waals surface area contributed by atoms with Gasteiger partial charge in [0.05, 0.1) is 12.1 Å². The van der Waals surface area contributed by atoms with Crippen molar-refractivity contribution < 1.29 is 4.39 Å². The fourth-order valence-corrected chi connectivity index (χ4v) is 3.29. The standard InChI is InChI=1S/C19H19FN4/c1-2-13-3-5-14(6-4-13)17-11-18(15-7-9-16(20)10-8-15)24-19(23-17)21-12-22-24/h3-10,12,17-18H,2,11H2,1H3,(H,21,22,23). The molecule has 1 aromatic heterocycles. The highest BCUT2D eigenvalue weighted by Crippen LogP contribution is 2.37.